The van der Waals surface area contributed by atoms with Gasteiger partial charge in [0.1, 0.15) is 12.2 Å². The second-order valence-electron chi connectivity index (χ2n) is 2.81. The Morgan fingerprint density at radius 2 is 2.30 bits per heavy atom. The van der Waals surface area contributed by atoms with Crippen molar-refractivity contribution in [1.29, 1.82) is 0 Å². The molecule has 0 saturated heterocycles. The standard InChI is InChI=1S/C7H13N3/c1-5-3-7(8)10-4-9-6(5)2/h4-6H,3H2,1-2H3,(H2,8,9,10)/t5?,6-/m0/s1. The molecule has 2 atom stereocenters. The molecule has 0 saturated carbocycles. The van der Waals surface area contributed by atoms with Crippen LogP contribution in [0.15, 0.2) is 9.98 Å². The minimum atomic E-state index is 0.352. The highest BCUT2D eigenvalue weighted by atomic mass is 14.9. The molecule has 3 heteroatoms. The van der Waals surface area contributed by atoms with Gasteiger partial charge in [0.15, 0.2) is 0 Å². The molecule has 0 bridgehead atoms. The molecule has 0 aromatic heterocycles. The second kappa shape index (κ2) is 2.82. The minimum absolute atomic E-state index is 0.352. The number of amidine groups is 1. The highest BCUT2D eigenvalue weighted by Crippen LogP contribution is 2.12. The molecule has 0 spiro atoms. The van der Waals surface area contributed by atoms with Gasteiger partial charge in [-0.15, -0.1) is 0 Å². The molecule has 0 radical (unpaired) electrons. The maximum Gasteiger partial charge on any atom is 0.112 e. The molecule has 1 unspecified atom stereocenters. The number of nitrogens with two attached hydrogens (primary N) is 1. The summed E-state index contributed by atoms with van der Waals surface area (Å²) in [7, 11) is 0. The topological polar surface area (TPSA) is 50.7 Å². The molecule has 1 heterocycles. The molecule has 10 heavy (non-hydrogen) atoms. The summed E-state index contributed by atoms with van der Waals surface area (Å²) >= 11 is 0. The van der Waals surface area contributed by atoms with Gasteiger partial charge in [0, 0.05) is 6.42 Å². The van der Waals surface area contributed by atoms with Gasteiger partial charge in [-0.05, 0) is 12.8 Å². The summed E-state index contributed by atoms with van der Waals surface area (Å²) in [5, 5.41) is 0. The van der Waals surface area contributed by atoms with Crippen molar-refractivity contribution in [3.63, 3.8) is 0 Å². The number of rotatable bonds is 0. The number of aliphatic imine (C=N–C) groups is 2. The second-order valence-corrected chi connectivity index (χ2v) is 2.81. The summed E-state index contributed by atoms with van der Waals surface area (Å²) in [5.41, 5.74) is 5.55. The van der Waals surface area contributed by atoms with E-state index in [9.17, 15) is 0 Å². The molecule has 1 rings (SSSR count). The molecule has 0 fully saturated rings. The van der Waals surface area contributed by atoms with E-state index in [1.807, 2.05) is 0 Å². The van der Waals surface area contributed by atoms with Crippen molar-refractivity contribution in [2.24, 2.45) is 21.6 Å². The summed E-state index contributed by atoms with van der Waals surface area (Å²) in [6, 6.07) is 0.352. The van der Waals surface area contributed by atoms with Gasteiger partial charge >= 0.3 is 0 Å². The van der Waals surface area contributed by atoms with E-state index in [4.69, 9.17) is 5.73 Å². The summed E-state index contributed by atoms with van der Waals surface area (Å²) in [5.74, 6) is 1.21. The van der Waals surface area contributed by atoms with Gasteiger partial charge in [0.25, 0.3) is 0 Å². The molecule has 1 aliphatic rings. The van der Waals surface area contributed by atoms with E-state index in [-0.39, 0.29) is 0 Å². The third kappa shape index (κ3) is 1.56. The van der Waals surface area contributed by atoms with Crippen molar-refractivity contribution in [1.82, 2.24) is 0 Å². The van der Waals surface area contributed by atoms with Crippen LogP contribution in [0.4, 0.5) is 0 Å². The van der Waals surface area contributed by atoms with Crippen LogP contribution in [-0.2, 0) is 0 Å². The first-order chi connectivity index (χ1) is 4.70. The fraction of sp³-hybridized carbons (Fsp3) is 0.714. The Labute approximate surface area is 61.1 Å². The van der Waals surface area contributed by atoms with E-state index in [0.717, 1.165) is 6.42 Å². The van der Waals surface area contributed by atoms with E-state index >= 15 is 0 Å². The maximum atomic E-state index is 5.55. The van der Waals surface area contributed by atoms with Crippen molar-refractivity contribution in [2.75, 3.05) is 0 Å². The predicted octanol–water partition coefficient (Wildman–Crippen LogP) is 0.800. The van der Waals surface area contributed by atoms with Crippen LogP contribution in [0.5, 0.6) is 0 Å². The zero-order valence-corrected chi connectivity index (χ0v) is 6.41. The van der Waals surface area contributed by atoms with E-state index in [1.54, 1.807) is 6.34 Å². The molecule has 3 nitrogen and oxygen atoms in total. The zero-order chi connectivity index (χ0) is 7.56. The number of hydrogen-bond acceptors (Lipinski definition) is 3. The molecule has 2 N–H and O–H groups in total. The first kappa shape index (κ1) is 7.25. The highest BCUT2D eigenvalue weighted by molar-refractivity contribution is 5.88. The Morgan fingerprint density at radius 1 is 1.60 bits per heavy atom. The van der Waals surface area contributed by atoms with Gasteiger partial charge < -0.3 is 5.73 Å². The average molecular weight is 139 g/mol. The van der Waals surface area contributed by atoms with Crippen LogP contribution in [0, 0.1) is 5.92 Å². The summed E-state index contributed by atoms with van der Waals surface area (Å²) < 4.78 is 0. The lowest BCUT2D eigenvalue weighted by atomic mass is 10.0. The predicted molar refractivity (Wildman–Crippen MR) is 43.4 cm³/mol. The maximum absolute atomic E-state index is 5.55. The summed E-state index contributed by atoms with van der Waals surface area (Å²) in [6.45, 7) is 4.21. The van der Waals surface area contributed by atoms with Gasteiger partial charge in [-0.2, -0.15) is 0 Å². The largest absolute Gasteiger partial charge is 0.387 e. The van der Waals surface area contributed by atoms with Crippen molar-refractivity contribution in [2.45, 2.75) is 26.3 Å². The quantitative estimate of drug-likeness (QED) is 0.530. The summed E-state index contributed by atoms with van der Waals surface area (Å²) in [4.78, 5) is 8.09. The van der Waals surface area contributed by atoms with Crippen molar-refractivity contribution < 1.29 is 0 Å². The van der Waals surface area contributed by atoms with Crippen LogP contribution in [-0.4, -0.2) is 18.2 Å². The lowest BCUT2D eigenvalue weighted by molar-refractivity contribution is 0.507. The monoisotopic (exact) mass is 139 g/mol. The lowest BCUT2D eigenvalue weighted by Gasteiger charge is -2.11. The Bertz CT molecular complexity index is 172. The molecule has 0 amide bonds. The van der Waals surface area contributed by atoms with Crippen LogP contribution in [0.2, 0.25) is 0 Å². The third-order valence-electron chi connectivity index (χ3n) is 1.88. The number of nitrogens with zero attached hydrogens (tertiary/aromatic N) is 2. The van der Waals surface area contributed by atoms with E-state index in [1.165, 1.54) is 0 Å². The van der Waals surface area contributed by atoms with Gasteiger partial charge in [0.2, 0.25) is 0 Å². The fourth-order valence-electron chi connectivity index (χ4n) is 0.913. The smallest absolute Gasteiger partial charge is 0.112 e. The highest BCUT2D eigenvalue weighted by Gasteiger charge is 2.13. The SMILES string of the molecule is CC1CC(N)=NC=N[C@H]1C. The van der Waals surface area contributed by atoms with Crippen LogP contribution < -0.4 is 5.73 Å². The van der Waals surface area contributed by atoms with Gasteiger partial charge in [0.05, 0.1) is 6.04 Å². The van der Waals surface area contributed by atoms with Crippen LogP contribution in [0.3, 0.4) is 0 Å². The van der Waals surface area contributed by atoms with Gasteiger partial charge in [-0.1, -0.05) is 6.92 Å². The normalized spacial score (nSPS) is 33.2. The van der Waals surface area contributed by atoms with Crippen molar-refractivity contribution in [3.05, 3.63) is 0 Å². The van der Waals surface area contributed by atoms with Crippen molar-refractivity contribution in [3.8, 4) is 0 Å². The molecule has 0 aromatic rings. The molecular weight excluding hydrogens is 126 g/mol. The first-order valence-corrected chi connectivity index (χ1v) is 3.54. The first-order valence-electron chi connectivity index (χ1n) is 3.54. The number of hydrogen-bond donors (Lipinski definition) is 1. The van der Waals surface area contributed by atoms with Crippen LogP contribution in [0.25, 0.3) is 0 Å². The van der Waals surface area contributed by atoms with Gasteiger partial charge in [-0.25, -0.2) is 4.99 Å². The Kier molecular flexibility index (Phi) is 2.04. The van der Waals surface area contributed by atoms with E-state index in [0.29, 0.717) is 17.8 Å². The molecule has 0 aliphatic carbocycles. The molecule has 56 valence electrons. The van der Waals surface area contributed by atoms with E-state index in [2.05, 4.69) is 23.8 Å². The molecule has 1 aliphatic heterocycles. The Morgan fingerprint density at radius 3 is 3.00 bits per heavy atom. The summed E-state index contributed by atoms with van der Waals surface area (Å²) in [6.07, 6.45) is 2.42. The fourth-order valence-corrected chi connectivity index (χ4v) is 0.913. The van der Waals surface area contributed by atoms with Crippen LogP contribution >= 0.6 is 0 Å². The lowest BCUT2D eigenvalue weighted by Crippen LogP contribution is -2.19. The average Bonchev–Trinajstić information content (AvgIpc) is 1.96. The van der Waals surface area contributed by atoms with E-state index < -0.39 is 0 Å². The van der Waals surface area contributed by atoms with Crippen LogP contribution in [0.1, 0.15) is 20.3 Å². The zero-order valence-electron chi connectivity index (χ0n) is 6.41. The third-order valence-corrected chi connectivity index (χ3v) is 1.88. The van der Waals surface area contributed by atoms with Crippen molar-refractivity contribution >= 4 is 12.2 Å². The minimum Gasteiger partial charge on any atom is -0.387 e. The van der Waals surface area contributed by atoms with Gasteiger partial charge in [-0.3, -0.25) is 4.99 Å². The molecular formula is C7H13N3. The molecule has 0 aromatic carbocycles. The Hall–Kier alpha value is -0.860. The Balaban J connectivity index is 2.67.